The molecular weight excluding hydrogens is 316 g/mol. The first-order valence-corrected chi connectivity index (χ1v) is 8.24. The van der Waals surface area contributed by atoms with Crippen molar-refractivity contribution in [2.75, 3.05) is 13.1 Å². The molecular formula is C20H20N2O3. The fraction of sp³-hybridized carbons (Fsp3) is 0.200. The number of ketones is 1. The Kier molecular flexibility index (Phi) is 4.95. The lowest BCUT2D eigenvalue weighted by molar-refractivity contribution is -0.139. The van der Waals surface area contributed by atoms with Gasteiger partial charge in [-0.2, -0.15) is 0 Å². The molecule has 5 heteroatoms. The molecule has 1 fully saturated rings. The van der Waals surface area contributed by atoms with E-state index in [-0.39, 0.29) is 11.3 Å². The Balaban J connectivity index is 2.14. The molecule has 25 heavy (non-hydrogen) atoms. The molecule has 1 saturated heterocycles. The maximum absolute atomic E-state index is 12.6. The van der Waals surface area contributed by atoms with Crippen LogP contribution in [0.2, 0.25) is 0 Å². The molecule has 1 aliphatic rings. The van der Waals surface area contributed by atoms with Crippen LogP contribution in [0.15, 0.2) is 66.2 Å². The van der Waals surface area contributed by atoms with E-state index in [4.69, 9.17) is 5.73 Å². The third-order valence-corrected chi connectivity index (χ3v) is 4.31. The monoisotopic (exact) mass is 336 g/mol. The largest absolute Gasteiger partial charge is 0.507 e. The first kappa shape index (κ1) is 16.9. The van der Waals surface area contributed by atoms with Crippen molar-refractivity contribution >= 4 is 17.4 Å². The molecule has 0 spiro atoms. The summed E-state index contributed by atoms with van der Waals surface area (Å²) in [6.07, 6.45) is 0.585. The zero-order valence-electron chi connectivity index (χ0n) is 13.8. The van der Waals surface area contributed by atoms with Gasteiger partial charge in [0.05, 0.1) is 11.6 Å². The predicted octanol–water partition coefficient (Wildman–Crippen LogP) is 2.46. The number of nitrogens with two attached hydrogens (primary N) is 1. The number of carbonyl (C=O) groups is 2. The van der Waals surface area contributed by atoms with Crippen LogP contribution in [-0.4, -0.2) is 34.8 Å². The number of likely N-dealkylation sites (tertiary alicyclic amines) is 1. The van der Waals surface area contributed by atoms with Gasteiger partial charge in [0.2, 0.25) is 0 Å². The summed E-state index contributed by atoms with van der Waals surface area (Å²) >= 11 is 0. The third kappa shape index (κ3) is 3.19. The maximum Gasteiger partial charge on any atom is 0.295 e. The number of rotatable bonds is 5. The zero-order valence-corrected chi connectivity index (χ0v) is 13.8. The molecule has 1 heterocycles. The summed E-state index contributed by atoms with van der Waals surface area (Å²) in [4.78, 5) is 26.7. The van der Waals surface area contributed by atoms with Crippen LogP contribution in [0.4, 0.5) is 0 Å². The number of aliphatic hydroxyl groups excluding tert-OH is 1. The van der Waals surface area contributed by atoms with Crippen molar-refractivity contribution in [2.45, 2.75) is 12.5 Å². The third-order valence-electron chi connectivity index (χ3n) is 4.31. The second kappa shape index (κ2) is 7.32. The SMILES string of the molecule is NCCCN1C(=O)C(=O)/C(=C(\O)c2ccccc2)C1c1ccccc1. The van der Waals surface area contributed by atoms with E-state index in [0.717, 1.165) is 5.56 Å². The van der Waals surface area contributed by atoms with Crippen LogP contribution in [0.3, 0.4) is 0 Å². The lowest BCUT2D eigenvalue weighted by Gasteiger charge is -2.25. The lowest BCUT2D eigenvalue weighted by atomic mass is 9.95. The van der Waals surface area contributed by atoms with Gasteiger partial charge in [-0.3, -0.25) is 9.59 Å². The lowest BCUT2D eigenvalue weighted by Crippen LogP contribution is -2.31. The zero-order chi connectivity index (χ0) is 17.8. The summed E-state index contributed by atoms with van der Waals surface area (Å²) in [6, 6.07) is 17.5. The number of amides is 1. The molecule has 1 amide bonds. The normalized spacial score (nSPS) is 19.4. The van der Waals surface area contributed by atoms with Crippen LogP contribution < -0.4 is 5.73 Å². The van der Waals surface area contributed by atoms with E-state index < -0.39 is 17.7 Å². The van der Waals surface area contributed by atoms with Crippen molar-refractivity contribution in [3.05, 3.63) is 77.4 Å². The minimum absolute atomic E-state index is 0.124. The van der Waals surface area contributed by atoms with Gasteiger partial charge in [0.25, 0.3) is 11.7 Å². The van der Waals surface area contributed by atoms with Gasteiger partial charge in [-0.25, -0.2) is 0 Å². The Labute approximate surface area is 146 Å². The van der Waals surface area contributed by atoms with Crippen molar-refractivity contribution in [3.8, 4) is 0 Å². The summed E-state index contributed by atoms with van der Waals surface area (Å²) in [7, 11) is 0. The predicted molar refractivity (Wildman–Crippen MR) is 95.6 cm³/mol. The summed E-state index contributed by atoms with van der Waals surface area (Å²) in [5.74, 6) is -1.41. The van der Waals surface area contributed by atoms with Gasteiger partial charge in [-0.1, -0.05) is 60.7 Å². The van der Waals surface area contributed by atoms with E-state index >= 15 is 0 Å². The van der Waals surface area contributed by atoms with Crippen LogP contribution in [0.1, 0.15) is 23.6 Å². The second-order valence-corrected chi connectivity index (χ2v) is 5.91. The Morgan fingerprint density at radius 1 is 1.00 bits per heavy atom. The van der Waals surface area contributed by atoms with E-state index in [0.29, 0.717) is 25.1 Å². The first-order chi connectivity index (χ1) is 12.1. The molecule has 0 bridgehead atoms. The van der Waals surface area contributed by atoms with Gasteiger partial charge in [0.1, 0.15) is 5.76 Å². The van der Waals surface area contributed by atoms with Crippen molar-refractivity contribution in [2.24, 2.45) is 5.73 Å². The summed E-state index contributed by atoms with van der Waals surface area (Å²) in [6.45, 7) is 0.787. The number of carbonyl (C=O) groups excluding carboxylic acids is 2. The highest BCUT2D eigenvalue weighted by molar-refractivity contribution is 6.46. The Morgan fingerprint density at radius 2 is 1.60 bits per heavy atom. The number of Topliss-reactive ketones (excluding diaryl/α,β-unsaturated/α-hetero) is 1. The molecule has 1 aliphatic heterocycles. The van der Waals surface area contributed by atoms with Gasteiger partial charge in [0, 0.05) is 12.1 Å². The summed E-state index contributed by atoms with van der Waals surface area (Å²) in [5.41, 5.74) is 7.00. The number of nitrogens with zero attached hydrogens (tertiary/aromatic N) is 1. The van der Waals surface area contributed by atoms with Gasteiger partial charge in [-0.05, 0) is 18.5 Å². The molecule has 1 unspecified atom stereocenters. The average Bonchev–Trinajstić information content (AvgIpc) is 2.91. The molecule has 5 nitrogen and oxygen atoms in total. The highest BCUT2D eigenvalue weighted by Gasteiger charge is 2.45. The van der Waals surface area contributed by atoms with E-state index in [1.54, 1.807) is 24.3 Å². The van der Waals surface area contributed by atoms with Crippen LogP contribution >= 0.6 is 0 Å². The van der Waals surface area contributed by atoms with Gasteiger partial charge >= 0.3 is 0 Å². The first-order valence-electron chi connectivity index (χ1n) is 8.24. The summed E-state index contributed by atoms with van der Waals surface area (Å²) in [5, 5.41) is 10.7. The van der Waals surface area contributed by atoms with Gasteiger partial charge in [0.15, 0.2) is 0 Å². The molecule has 0 aromatic heterocycles. The molecule has 3 rings (SSSR count). The second-order valence-electron chi connectivity index (χ2n) is 5.91. The topological polar surface area (TPSA) is 83.6 Å². The molecule has 0 radical (unpaired) electrons. The van der Waals surface area contributed by atoms with E-state index in [9.17, 15) is 14.7 Å². The van der Waals surface area contributed by atoms with Crippen LogP contribution in [0.5, 0.6) is 0 Å². The van der Waals surface area contributed by atoms with Crippen LogP contribution in [0, 0.1) is 0 Å². The van der Waals surface area contributed by atoms with Crippen molar-refractivity contribution in [1.82, 2.24) is 4.90 Å². The standard InChI is InChI=1S/C20H20N2O3/c21-12-7-13-22-17(14-8-3-1-4-9-14)16(19(24)20(22)25)18(23)15-10-5-2-6-11-15/h1-6,8-11,17,23H,7,12-13,21H2/b18-16-. The Hall–Kier alpha value is -2.92. The van der Waals surface area contributed by atoms with E-state index in [1.165, 1.54) is 4.90 Å². The number of hydrogen-bond donors (Lipinski definition) is 2. The molecule has 128 valence electrons. The molecule has 2 aromatic rings. The molecule has 1 atom stereocenters. The Bertz CT molecular complexity index is 800. The van der Waals surface area contributed by atoms with Crippen molar-refractivity contribution in [1.29, 1.82) is 0 Å². The quantitative estimate of drug-likeness (QED) is 0.499. The maximum atomic E-state index is 12.6. The average molecular weight is 336 g/mol. The molecule has 0 saturated carbocycles. The molecule has 2 aromatic carbocycles. The van der Waals surface area contributed by atoms with Crippen LogP contribution in [-0.2, 0) is 9.59 Å². The number of hydrogen-bond acceptors (Lipinski definition) is 4. The summed E-state index contributed by atoms with van der Waals surface area (Å²) < 4.78 is 0. The fourth-order valence-corrected chi connectivity index (χ4v) is 3.11. The number of aliphatic hydroxyl groups is 1. The fourth-order valence-electron chi connectivity index (χ4n) is 3.11. The van der Waals surface area contributed by atoms with Crippen molar-refractivity contribution in [3.63, 3.8) is 0 Å². The van der Waals surface area contributed by atoms with Gasteiger partial charge < -0.3 is 15.7 Å². The smallest absolute Gasteiger partial charge is 0.295 e. The highest BCUT2D eigenvalue weighted by atomic mass is 16.3. The minimum Gasteiger partial charge on any atom is -0.507 e. The Morgan fingerprint density at radius 3 is 2.20 bits per heavy atom. The molecule has 3 N–H and O–H groups in total. The van der Waals surface area contributed by atoms with E-state index in [2.05, 4.69) is 0 Å². The van der Waals surface area contributed by atoms with Crippen molar-refractivity contribution < 1.29 is 14.7 Å². The van der Waals surface area contributed by atoms with E-state index in [1.807, 2.05) is 36.4 Å². The van der Waals surface area contributed by atoms with Gasteiger partial charge in [-0.15, -0.1) is 0 Å². The minimum atomic E-state index is -0.660. The van der Waals surface area contributed by atoms with Crippen LogP contribution in [0.25, 0.3) is 5.76 Å². The highest BCUT2D eigenvalue weighted by Crippen LogP contribution is 2.39. The number of benzene rings is 2. The molecule has 0 aliphatic carbocycles.